The first-order valence-corrected chi connectivity index (χ1v) is 8.10. The molecule has 0 saturated carbocycles. The van der Waals surface area contributed by atoms with Crippen molar-refractivity contribution in [3.05, 3.63) is 62.6 Å². The lowest BCUT2D eigenvalue weighted by atomic mass is 9.84. The molecule has 1 aliphatic rings. The van der Waals surface area contributed by atoms with Crippen LogP contribution in [0.15, 0.2) is 35.2 Å². The van der Waals surface area contributed by atoms with E-state index >= 15 is 0 Å². The minimum absolute atomic E-state index is 0.00808. The van der Waals surface area contributed by atoms with Gasteiger partial charge in [0.1, 0.15) is 0 Å². The second-order valence-corrected chi connectivity index (χ2v) is 6.86. The van der Waals surface area contributed by atoms with Crippen molar-refractivity contribution < 1.29 is 22.6 Å². The number of hydrogen-bond acceptors (Lipinski definition) is 4. The zero-order valence-corrected chi connectivity index (χ0v) is 13.0. The van der Waals surface area contributed by atoms with Gasteiger partial charge in [-0.1, -0.05) is 23.2 Å². The van der Waals surface area contributed by atoms with Crippen LogP contribution in [-0.4, -0.2) is 24.5 Å². The van der Waals surface area contributed by atoms with Crippen LogP contribution in [0.1, 0.15) is 31.8 Å². The van der Waals surface area contributed by atoms with Gasteiger partial charge in [-0.25, -0.2) is 0 Å². The van der Waals surface area contributed by atoms with Gasteiger partial charge < -0.3 is 0 Å². The Morgan fingerprint density at radius 2 is 1.32 bits per heavy atom. The fraction of sp³-hybridized carbons (Fsp3) is 0. The van der Waals surface area contributed by atoms with Crippen molar-refractivity contribution >= 4 is 44.9 Å². The number of halogens is 2. The molecule has 5 nitrogen and oxygen atoms in total. The van der Waals surface area contributed by atoms with Crippen LogP contribution in [0.4, 0.5) is 0 Å². The number of carbonyl (C=O) groups excluding carboxylic acids is 2. The van der Waals surface area contributed by atoms with Crippen LogP contribution < -0.4 is 0 Å². The van der Waals surface area contributed by atoms with E-state index in [2.05, 4.69) is 0 Å². The standard InChI is InChI=1S/C14H6Cl2O5S/c15-9-3-4-10(16)12-11(9)13(17)7-2-1-6(22(19,20)21)5-8(7)14(12)18/h1-5H,(H,19,20,21). The summed E-state index contributed by atoms with van der Waals surface area (Å²) in [6.45, 7) is 0. The van der Waals surface area contributed by atoms with Gasteiger partial charge >= 0.3 is 0 Å². The molecule has 3 rings (SSSR count). The smallest absolute Gasteiger partial charge is 0.289 e. The molecule has 0 saturated heterocycles. The highest BCUT2D eigenvalue weighted by Crippen LogP contribution is 2.36. The minimum Gasteiger partial charge on any atom is -0.289 e. The molecule has 0 atom stereocenters. The van der Waals surface area contributed by atoms with Crippen LogP contribution in [0.2, 0.25) is 10.0 Å². The van der Waals surface area contributed by atoms with Gasteiger partial charge in [0, 0.05) is 11.1 Å². The van der Waals surface area contributed by atoms with Crippen LogP contribution in [-0.2, 0) is 10.1 Å². The maximum atomic E-state index is 12.5. The molecule has 0 radical (unpaired) electrons. The number of carbonyl (C=O) groups is 2. The summed E-state index contributed by atoms with van der Waals surface area (Å²) < 4.78 is 31.4. The summed E-state index contributed by atoms with van der Waals surface area (Å²) in [5.74, 6) is -1.15. The first-order chi connectivity index (χ1) is 10.2. The summed E-state index contributed by atoms with van der Waals surface area (Å²) in [4.78, 5) is 24.5. The molecule has 1 aliphatic carbocycles. The lowest BCUT2D eigenvalue weighted by Crippen LogP contribution is -2.22. The Bertz CT molecular complexity index is 963. The molecule has 2 aromatic carbocycles. The quantitative estimate of drug-likeness (QED) is 0.677. The van der Waals surface area contributed by atoms with Gasteiger partial charge in [0.15, 0.2) is 11.6 Å². The molecular formula is C14H6Cl2O5S. The third-order valence-corrected chi connectivity index (χ3v) is 4.82. The van der Waals surface area contributed by atoms with Gasteiger partial charge in [-0.05, 0) is 30.3 Å². The van der Waals surface area contributed by atoms with Crippen molar-refractivity contribution in [1.29, 1.82) is 0 Å². The Kier molecular flexibility index (Phi) is 3.37. The monoisotopic (exact) mass is 356 g/mol. The maximum absolute atomic E-state index is 12.5. The number of hydrogen-bond donors (Lipinski definition) is 1. The van der Waals surface area contributed by atoms with E-state index in [1.807, 2.05) is 0 Å². The molecule has 1 N–H and O–H groups in total. The lowest BCUT2D eigenvalue weighted by Gasteiger charge is -2.19. The van der Waals surface area contributed by atoms with E-state index in [-0.39, 0.29) is 32.3 Å². The Morgan fingerprint density at radius 1 is 0.818 bits per heavy atom. The van der Waals surface area contributed by atoms with Crippen molar-refractivity contribution in [2.24, 2.45) is 0 Å². The average Bonchev–Trinajstić information content (AvgIpc) is 2.45. The molecule has 2 aromatic rings. The molecule has 0 amide bonds. The van der Waals surface area contributed by atoms with E-state index in [9.17, 15) is 18.0 Å². The molecule has 0 unspecified atom stereocenters. The van der Waals surface area contributed by atoms with Crippen LogP contribution in [0.3, 0.4) is 0 Å². The fourth-order valence-corrected chi connectivity index (χ4v) is 3.33. The first-order valence-electron chi connectivity index (χ1n) is 5.90. The van der Waals surface area contributed by atoms with Crippen molar-refractivity contribution in [3.63, 3.8) is 0 Å². The van der Waals surface area contributed by atoms with E-state index < -0.39 is 26.6 Å². The summed E-state index contributed by atoms with van der Waals surface area (Å²) in [5.41, 5.74) is -0.212. The van der Waals surface area contributed by atoms with E-state index in [0.717, 1.165) is 12.1 Å². The van der Waals surface area contributed by atoms with Crippen LogP contribution >= 0.6 is 23.2 Å². The normalized spacial score (nSPS) is 13.8. The van der Waals surface area contributed by atoms with Crippen molar-refractivity contribution in [1.82, 2.24) is 0 Å². The highest BCUT2D eigenvalue weighted by atomic mass is 35.5. The zero-order chi connectivity index (χ0) is 16.2. The van der Waals surface area contributed by atoms with E-state index in [1.165, 1.54) is 18.2 Å². The second kappa shape index (κ2) is 4.89. The molecule has 0 heterocycles. The molecule has 8 heteroatoms. The third kappa shape index (κ3) is 2.16. The first kappa shape index (κ1) is 15.2. The van der Waals surface area contributed by atoms with E-state index in [4.69, 9.17) is 27.8 Å². The highest BCUT2D eigenvalue weighted by molar-refractivity contribution is 7.85. The predicted octanol–water partition coefficient (Wildman–Crippen LogP) is 3.02. The topological polar surface area (TPSA) is 88.5 Å². The number of ketones is 2. The van der Waals surface area contributed by atoms with Crippen molar-refractivity contribution in [2.45, 2.75) is 4.90 Å². The maximum Gasteiger partial charge on any atom is 0.294 e. The fourth-order valence-electron chi connectivity index (χ4n) is 2.33. The molecular weight excluding hydrogens is 351 g/mol. The predicted molar refractivity (Wildman–Crippen MR) is 79.6 cm³/mol. The Balaban J connectivity index is 2.35. The summed E-state index contributed by atoms with van der Waals surface area (Å²) in [6, 6.07) is 5.95. The highest BCUT2D eigenvalue weighted by Gasteiger charge is 2.34. The van der Waals surface area contributed by atoms with Crippen molar-refractivity contribution in [3.8, 4) is 0 Å². The minimum atomic E-state index is -4.50. The van der Waals surface area contributed by atoms with Gasteiger partial charge in [0.2, 0.25) is 0 Å². The van der Waals surface area contributed by atoms with Gasteiger partial charge in [0.05, 0.1) is 26.1 Å². The summed E-state index contributed by atoms with van der Waals surface area (Å²) >= 11 is 11.9. The Labute approximate surface area is 135 Å². The molecule has 0 bridgehead atoms. The van der Waals surface area contributed by atoms with Gasteiger partial charge in [-0.2, -0.15) is 8.42 Å². The summed E-state index contributed by atoms with van der Waals surface area (Å²) in [7, 11) is -4.50. The number of fused-ring (bicyclic) bond motifs is 2. The molecule has 22 heavy (non-hydrogen) atoms. The van der Waals surface area contributed by atoms with Gasteiger partial charge in [0.25, 0.3) is 10.1 Å². The average molecular weight is 357 g/mol. The Hall–Kier alpha value is -1.73. The summed E-state index contributed by atoms with van der Waals surface area (Å²) in [5, 5.41) is 0.128. The van der Waals surface area contributed by atoms with Crippen LogP contribution in [0.5, 0.6) is 0 Å². The Morgan fingerprint density at radius 3 is 1.82 bits per heavy atom. The SMILES string of the molecule is O=C1c2ccc(S(=O)(=O)O)cc2C(=O)c2c(Cl)ccc(Cl)c21. The summed E-state index contributed by atoms with van der Waals surface area (Å²) in [6.07, 6.45) is 0. The molecule has 0 fully saturated rings. The van der Waals surface area contributed by atoms with Crippen LogP contribution in [0, 0.1) is 0 Å². The largest absolute Gasteiger partial charge is 0.294 e. The third-order valence-electron chi connectivity index (χ3n) is 3.34. The van der Waals surface area contributed by atoms with Gasteiger partial charge in [-0.15, -0.1) is 0 Å². The second-order valence-electron chi connectivity index (χ2n) is 4.62. The van der Waals surface area contributed by atoms with Crippen molar-refractivity contribution in [2.75, 3.05) is 0 Å². The molecule has 0 aromatic heterocycles. The molecule has 0 aliphatic heterocycles. The lowest BCUT2D eigenvalue weighted by molar-refractivity contribution is 0.0979. The molecule has 0 spiro atoms. The molecule has 112 valence electrons. The van der Waals surface area contributed by atoms with Gasteiger partial charge in [-0.3, -0.25) is 14.1 Å². The number of rotatable bonds is 1. The zero-order valence-electron chi connectivity index (χ0n) is 10.6. The van der Waals surface area contributed by atoms with E-state index in [0.29, 0.717) is 0 Å². The van der Waals surface area contributed by atoms with Crippen LogP contribution in [0.25, 0.3) is 0 Å². The number of benzene rings is 2. The van der Waals surface area contributed by atoms with E-state index in [1.54, 1.807) is 0 Å².